The Morgan fingerprint density at radius 1 is 0.931 bits per heavy atom. The summed E-state index contributed by atoms with van der Waals surface area (Å²) in [7, 11) is 0. The minimum Gasteiger partial charge on any atom is -0.348 e. The number of hydrogen-bond donors (Lipinski definition) is 2. The van der Waals surface area contributed by atoms with Crippen LogP contribution in [0.15, 0.2) is 77.7 Å². The first-order valence-corrected chi connectivity index (χ1v) is 10.5. The minimum absolute atomic E-state index is 0.116. The van der Waals surface area contributed by atoms with E-state index in [2.05, 4.69) is 10.6 Å². The zero-order chi connectivity index (χ0) is 20.6. The number of thioether (sulfide) groups is 1. The molecule has 0 radical (unpaired) electrons. The summed E-state index contributed by atoms with van der Waals surface area (Å²) in [4.78, 5) is 25.6. The second-order valence-electron chi connectivity index (χ2n) is 6.51. The molecule has 0 saturated heterocycles. The quantitative estimate of drug-likeness (QED) is 0.505. The highest BCUT2D eigenvalue weighted by Crippen LogP contribution is 2.23. The Hall–Kier alpha value is -2.76. The lowest BCUT2D eigenvalue weighted by Gasteiger charge is -2.10. The molecule has 4 nitrogen and oxygen atoms in total. The van der Waals surface area contributed by atoms with Gasteiger partial charge < -0.3 is 10.6 Å². The number of halogens is 1. The van der Waals surface area contributed by atoms with Crippen LogP contribution < -0.4 is 10.6 Å². The topological polar surface area (TPSA) is 58.2 Å². The van der Waals surface area contributed by atoms with Crippen molar-refractivity contribution in [2.75, 3.05) is 11.1 Å². The first kappa shape index (κ1) is 21.0. The highest BCUT2D eigenvalue weighted by atomic mass is 35.5. The summed E-state index contributed by atoms with van der Waals surface area (Å²) in [5.74, 6) is -0.0766. The Morgan fingerprint density at radius 2 is 1.62 bits per heavy atom. The van der Waals surface area contributed by atoms with Gasteiger partial charge in [0.15, 0.2) is 0 Å². The standard InChI is InChI=1S/C23H21ClN2O2S/c1-16-6-12-19(13-7-16)26-22(27)15-29-21-5-3-2-4-20(21)23(28)25-14-17-8-10-18(24)11-9-17/h2-13H,14-15H2,1H3,(H,25,28)(H,26,27). The molecule has 0 aliphatic rings. The Kier molecular flexibility index (Phi) is 7.33. The predicted octanol–water partition coefficient (Wildman–Crippen LogP) is 5.31. The van der Waals surface area contributed by atoms with Gasteiger partial charge in [0, 0.05) is 22.2 Å². The van der Waals surface area contributed by atoms with Crippen molar-refractivity contribution in [1.29, 1.82) is 0 Å². The van der Waals surface area contributed by atoms with E-state index in [9.17, 15) is 9.59 Å². The smallest absolute Gasteiger partial charge is 0.252 e. The fourth-order valence-corrected chi connectivity index (χ4v) is 3.61. The van der Waals surface area contributed by atoms with Gasteiger partial charge in [-0.15, -0.1) is 11.8 Å². The molecule has 0 spiro atoms. The highest BCUT2D eigenvalue weighted by Gasteiger charge is 2.13. The molecule has 0 atom stereocenters. The fourth-order valence-electron chi connectivity index (χ4n) is 2.64. The summed E-state index contributed by atoms with van der Waals surface area (Å²) in [5, 5.41) is 6.44. The summed E-state index contributed by atoms with van der Waals surface area (Å²) >= 11 is 7.23. The van der Waals surface area contributed by atoms with Gasteiger partial charge in [-0.25, -0.2) is 0 Å². The van der Waals surface area contributed by atoms with Gasteiger partial charge in [-0.1, -0.05) is 53.6 Å². The van der Waals surface area contributed by atoms with E-state index in [-0.39, 0.29) is 17.6 Å². The molecular weight excluding hydrogens is 404 g/mol. The van der Waals surface area contributed by atoms with Crippen molar-refractivity contribution in [3.63, 3.8) is 0 Å². The molecule has 0 fully saturated rings. The number of carbonyl (C=O) groups is 2. The highest BCUT2D eigenvalue weighted by molar-refractivity contribution is 8.00. The molecule has 0 aromatic heterocycles. The van der Waals surface area contributed by atoms with Gasteiger partial charge in [-0.2, -0.15) is 0 Å². The van der Waals surface area contributed by atoms with Crippen LogP contribution >= 0.6 is 23.4 Å². The molecule has 0 bridgehead atoms. The second kappa shape index (κ2) is 10.1. The van der Waals surface area contributed by atoms with Crippen molar-refractivity contribution < 1.29 is 9.59 Å². The number of hydrogen-bond acceptors (Lipinski definition) is 3. The molecular formula is C23H21ClN2O2S. The minimum atomic E-state index is -0.179. The molecule has 0 saturated carbocycles. The lowest BCUT2D eigenvalue weighted by Crippen LogP contribution is -2.23. The van der Waals surface area contributed by atoms with E-state index >= 15 is 0 Å². The van der Waals surface area contributed by atoms with Crippen LogP contribution in [0.25, 0.3) is 0 Å². The average Bonchev–Trinajstić information content (AvgIpc) is 2.73. The summed E-state index contributed by atoms with van der Waals surface area (Å²) in [6.07, 6.45) is 0. The number of carbonyl (C=O) groups excluding carboxylic acids is 2. The zero-order valence-corrected chi connectivity index (χ0v) is 17.5. The summed E-state index contributed by atoms with van der Waals surface area (Å²) in [5.41, 5.74) is 3.41. The molecule has 0 heterocycles. The Labute approximate surface area is 179 Å². The molecule has 3 aromatic rings. The lowest BCUT2D eigenvalue weighted by molar-refractivity contribution is -0.113. The van der Waals surface area contributed by atoms with E-state index in [0.717, 1.165) is 21.7 Å². The van der Waals surface area contributed by atoms with Crippen LogP contribution in [-0.4, -0.2) is 17.6 Å². The molecule has 0 unspecified atom stereocenters. The number of rotatable bonds is 7. The number of nitrogens with one attached hydrogen (secondary N) is 2. The largest absolute Gasteiger partial charge is 0.348 e. The molecule has 0 aliphatic carbocycles. The zero-order valence-electron chi connectivity index (χ0n) is 15.9. The molecule has 29 heavy (non-hydrogen) atoms. The molecule has 2 amide bonds. The monoisotopic (exact) mass is 424 g/mol. The number of aryl methyl sites for hydroxylation is 1. The third-order valence-corrected chi connectivity index (χ3v) is 5.52. The third kappa shape index (κ3) is 6.38. The maximum Gasteiger partial charge on any atom is 0.252 e. The maximum absolute atomic E-state index is 12.6. The van der Waals surface area contributed by atoms with Gasteiger partial charge in [-0.05, 0) is 48.9 Å². The van der Waals surface area contributed by atoms with Gasteiger partial charge in [0.25, 0.3) is 5.91 Å². The van der Waals surface area contributed by atoms with Crippen molar-refractivity contribution in [3.8, 4) is 0 Å². The number of benzene rings is 3. The molecule has 0 aliphatic heterocycles. The molecule has 3 aromatic carbocycles. The van der Waals surface area contributed by atoms with Crippen molar-refractivity contribution >= 4 is 40.9 Å². The SMILES string of the molecule is Cc1ccc(NC(=O)CSc2ccccc2C(=O)NCc2ccc(Cl)cc2)cc1. The Balaban J connectivity index is 1.57. The van der Waals surface area contributed by atoms with Crippen LogP contribution in [0, 0.1) is 6.92 Å². The van der Waals surface area contributed by atoms with Gasteiger partial charge in [0.2, 0.25) is 5.91 Å². The lowest BCUT2D eigenvalue weighted by atomic mass is 10.2. The van der Waals surface area contributed by atoms with E-state index in [0.29, 0.717) is 17.1 Å². The van der Waals surface area contributed by atoms with Crippen molar-refractivity contribution in [3.05, 3.63) is 94.5 Å². The normalized spacial score (nSPS) is 10.4. The van der Waals surface area contributed by atoms with E-state index in [1.807, 2.05) is 61.5 Å². The number of amides is 2. The van der Waals surface area contributed by atoms with Gasteiger partial charge in [-0.3, -0.25) is 9.59 Å². The van der Waals surface area contributed by atoms with Crippen molar-refractivity contribution in [2.45, 2.75) is 18.4 Å². The fraction of sp³-hybridized carbons (Fsp3) is 0.130. The molecule has 3 rings (SSSR count). The third-order valence-electron chi connectivity index (χ3n) is 4.19. The van der Waals surface area contributed by atoms with Crippen molar-refractivity contribution in [1.82, 2.24) is 5.32 Å². The van der Waals surface area contributed by atoms with Crippen LogP contribution in [0.1, 0.15) is 21.5 Å². The van der Waals surface area contributed by atoms with Crippen LogP contribution in [0.2, 0.25) is 5.02 Å². The molecule has 6 heteroatoms. The van der Waals surface area contributed by atoms with Gasteiger partial charge >= 0.3 is 0 Å². The summed E-state index contributed by atoms with van der Waals surface area (Å²) in [6, 6.07) is 22.2. The maximum atomic E-state index is 12.6. The summed E-state index contributed by atoms with van der Waals surface area (Å²) in [6.45, 7) is 2.40. The van der Waals surface area contributed by atoms with Crippen LogP contribution in [0.4, 0.5) is 5.69 Å². The average molecular weight is 425 g/mol. The van der Waals surface area contributed by atoms with E-state index in [1.165, 1.54) is 11.8 Å². The van der Waals surface area contributed by atoms with Crippen LogP contribution in [0.3, 0.4) is 0 Å². The van der Waals surface area contributed by atoms with E-state index in [1.54, 1.807) is 18.2 Å². The van der Waals surface area contributed by atoms with Crippen LogP contribution in [-0.2, 0) is 11.3 Å². The summed E-state index contributed by atoms with van der Waals surface area (Å²) < 4.78 is 0. The Morgan fingerprint density at radius 3 is 2.34 bits per heavy atom. The Bertz CT molecular complexity index is 989. The first-order valence-electron chi connectivity index (χ1n) is 9.12. The van der Waals surface area contributed by atoms with Crippen molar-refractivity contribution in [2.24, 2.45) is 0 Å². The second-order valence-corrected chi connectivity index (χ2v) is 7.96. The van der Waals surface area contributed by atoms with Crippen LogP contribution in [0.5, 0.6) is 0 Å². The molecule has 148 valence electrons. The molecule has 2 N–H and O–H groups in total. The van der Waals surface area contributed by atoms with Gasteiger partial charge in [0.1, 0.15) is 0 Å². The van der Waals surface area contributed by atoms with Gasteiger partial charge in [0.05, 0.1) is 11.3 Å². The number of anilines is 1. The van der Waals surface area contributed by atoms with E-state index in [4.69, 9.17) is 11.6 Å². The predicted molar refractivity (Wildman–Crippen MR) is 120 cm³/mol. The van der Waals surface area contributed by atoms with E-state index < -0.39 is 0 Å². The first-order chi connectivity index (χ1) is 14.0.